The van der Waals surface area contributed by atoms with Gasteiger partial charge >= 0.3 is 18.4 Å². The average Bonchev–Trinajstić information content (AvgIpc) is 3.14. The number of rotatable bonds is 11. The first-order valence-corrected chi connectivity index (χ1v) is 11.1. The lowest BCUT2D eigenvalue weighted by Crippen LogP contribution is -2.35. The average molecular weight is 522 g/mol. The number of aryl methyl sites for hydroxylation is 2. The van der Waals surface area contributed by atoms with Gasteiger partial charge in [-0.1, -0.05) is 24.3 Å². The summed E-state index contributed by atoms with van der Waals surface area (Å²) in [6.45, 7) is 3.08. The number of aromatic nitrogens is 1. The maximum atomic E-state index is 12.5. The summed E-state index contributed by atoms with van der Waals surface area (Å²) in [5.41, 5.74) is 1.86. The van der Waals surface area contributed by atoms with Gasteiger partial charge in [-0.15, -0.1) is 13.2 Å². The Morgan fingerprint density at radius 3 is 2.19 bits per heavy atom. The summed E-state index contributed by atoms with van der Waals surface area (Å²) in [4.78, 5) is 29.1. The molecule has 0 spiro atoms. The van der Waals surface area contributed by atoms with Gasteiger partial charge in [0.25, 0.3) is 0 Å². The van der Waals surface area contributed by atoms with Gasteiger partial charge in [-0.25, -0.2) is 9.78 Å². The zero-order valence-electron chi connectivity index (χ0n) is 20.1. The third-order valence-electron chi connectivity index (χ3n) is 5.01. The summed E-state index contributed by atoms with van der Waals surface area (Å²) >= 11 is 0. The highest BCUT2D eigenvalue weighted by atomic mass is 19.4. The van der Waals surface area contributed by atoms with Crippen LogP contribution in [-0.2, 0) is 29.1 Å². The molecule has 3 aromatic rings. The topological polar surface area (TPSA) is 111 Å². The molecule has 1 aromatic heterocycles. The van der Waals surface area contributed by atoms with Gasteiger partial charge in [0.15, 0.2) is 5.89 Å². The fourth-order valence-corrected chi connectivity index (χ4v) is 3.35. The third kappa shape index (κ3) is 9.06. The van der Waals surface area contributed by atoms with Crippen LogP contribution in [0.4, 0.5) is 18.0 Å². The van der Waals surface area contributed by atoms with Crippen molar-refractivity contribution in [3.05, 3.63) is 77.0 Å². The molecule has 0 fully saturated rings. The normalized spacial score (nSPS) is 11.2. The number of halogens is 3. The number of carboxylic acid groups (broad SMARTS) is 1. The van der Waals surface area contributed by atoms with Crippen molar-refractivity contribution in [3.63, 3.8) is 0 Å². The predicted octanol–water partition coefficient (Wildman–Crippen LogP) is 5.03. The molecule has 0 aliphatic rings. The Morgan fingerprint density at radius 1 is 1.00 bits per heavy atom. The molecule has 198 valence electrons. The monoisotopic (exact) mass is 522 g/mol. The van der Waals surface area contributed by atoms with Gasteiger partial charge in [-0.05, 0) is 42.3 Å². The van der Waals surface area contributed by atoms with Gasteiger partial charge in [0.05, 0.1) is 12.3 Å². The van der Waals surface area contributed by atoms with E-state index in [0.717, 1.165) is 28.5 Å². The summed E-state index contributed by atoms with van der Waals surface area (Å²) in [5, 5.41) is 9.19. The van der Waals surface area contributed by atoms with Crippen molar-refractivity contribution in [1.82, 2.24) is 9.88 Å². The Morgan fingerprint density at radius 2 is 1.62 bits per heavy atom. The molecule has 0 radical (unpaired) electrons. The molecule has 9 nitrogen and oxygen atoms in total. The Hall–Kier alpha value is -4.22. The largest absolute Gasteiger partial charge is 0.573 e. The highest BCUT2D eigenvalue weighted by Crippen LogP contribution is 2.23. The van der Waals surface area contributed by atoms with Gasteiger partial charge in [-0.3, -0.25) is 9.69 Å². The highest BCUT2D eigenvalue weighted by Gasteiger charge is 2.31. The van der Waals surface area contributed by atoms with Crippen LogP contribution in [0.1, 0.15) is 28.5 Å². The Labute approximate surface area is 210 Å². The molecule has 2 aromatic carbocycles. The van der Waals surface area contributed by atoms with Crippen LogP contribution in [-0.4, -0.2) is 46.6 Å². The number of benzene rings is 2. The van der Waals surface area contributed by atoms with Crippen molar-refractivity contribution >= 4 is 12.1 Å². The second-order valence-electron chi connectivity index (χ2n) is 7.97. The van der Waals surface area contributed by atoms with Crippen molar-refractivity contribution in [2.45, 2.75) is 39.8 Å². The van der Waals surface area contributed by atoms with E-state index in [-0.39, 0.29) is 13.2 Å². The maximum Gasteiger partial charge on any atom is 0.573 e. The second-order valence-corrected chi connectivity index (χ2v) is 7.97. The summed E-state index contributed by atoms with van der Waals surface area (Å²) < 4.78 is 56.8. The number of hydrogen-bond acceptors (Lipinski definition) is 7. The van der Waals surface area contributed by atoms with E-state index in [4.69, 9.17) is 13.9 Å². The van der Waals surface area contributed by atoms with E-state index in [9.17, 15) is 27.9 Å². The lowest BCUT2D eigenvalue weighted by atomic mass is 10.2. The minimum absolute atomic E-state index is 0.0405. The summed E-state index contributed by atoms with van der Waals surface area (Å²) in [6, 6.07) is 11.6. The molecule has 12 heteroatoms. The number of alkyl halides is 3. The SMILES string of the molecule is Cc1nc(CCOc2ccc(CN(CC(=O)O)C(=O)OCc3ccc(OC(F)(F)F)cc3)cc2)c(C)o1. The molecule has 1 amide bonds. The van der Waals surface area contributed by atoms with E-state index in [2.05, 4.69) is 9.72 Å². The second kappa shape index (κ2) is 12.2. The molecule has 0 saturated heterocycles. The number of carbonyl (C=O) groups is 2. The number of amides is 1. The van der Waals surface area contributed by atoms with Gasteiger partial charge in [0.1, 0.15) is 30.4 Å². The number of aliphatic carboxylic acids is 1. The van der Waals surface area contributed by atoms with E-state index in [1.807, 2.05) is 6.92 Å². The van der Waals surface area contributed by atoms with Crippen molar-refractivity contribution in [2.75, 3.05) is 13.2 Å². The summed E-state index contributed by atoms with van der Waals surface area (Å²) in [7, 11) is 0. The van der Waals surface area contributed by atoms with Gasteiger partial charge in [0.2, 0.25) is 0 Å². The van der Waals surface area contributed by atoms with E-state index in [1.54, 1.807) is 31.2 Å². The van der Waals surface area contributed by atoms with Crippen molar-refractivity contribution < 1.29 is 46.5 Å². The van der Waals surface area contributed by atoms with E-state index < -0.39 is 30.7 Å². The Kier molecular flexibility index (Phi) is 8.99. The van der Waals surface area contributed by atoms with Gasteiger partial charge < -0.3 is 23.7 Å². The molecule has 0 aliphatic heterocycles. The minimum atomic E-state index is -4.81. The molecule has 3 rings (SSSR count). The van der Waals surface area contributed by atoms with Crippen LogP contribution in [0.5, 0.6) is 11.5 Å². The number of nitrogens with zero attached hydrogens (tertiary/aromatic N) is 2. The van der Waals surface area contributed by atoms with Crippen LogP contribution in [0, 0.1) is 13.8 Å². The molecule has 1 N–H and O–H groups in total. The molecular formula is C25H25F3N2O7. The lowest BCUT2D eigenvalue weighted by molar-refractivity contribution is -0.274. The Bertz CT molecular complexity index is 1190. The van der Waals surface area contributed by atoms with Crippen LogP contribution in [0.3, 0.4) is 0 Å². The van der Waals surface area contributed by atoms with Crippen LogP contribution >= 0.6 is 0 Å². The van der Waals surface area contributed by atoms with Crippen LogP contribution in [0.2, 0.25) is 0 Å². The zero-order valence-corrected chi connectivity index (χ0v) is 20.1. The first-order valence-electron chi connectivity index (χ1n) is 11.1. The predicted molar refractivity (Wildman–Crippen MR) is 123 cm³/mol. The van der Waals surface area contributed by atoms with E-state index in [1.165, 1.54) is 12.1 Å². The molecule has 0 aliphatic carbocycles. The molecule has 0 bridgehead atoms. The zero-order chi connectivity index (χ0) is 27.0. The third-order valence-corrected chi connectivity index (χ3v) is 5.01. The molecule has 1 heterocycles. The minimum Gasteiger partial charge on any atom is -0.493 e. The van der Waals surface area contributed by atoms with Crippen molar-refractivity contribution in [2.24, 2.45) is 0 Å². The number of oxazole rings is 1. The van der Waals surface area contributed by atoms with Crippen molar-refractivity contribution in [3.8, 4) is 11.5 Å². The first kappa shape index (κ1) is 27.4. The highest BCUT2D eigenvalue weighted by molar-refractivity contribution is 5.76. The van der Waals surface area contributed by atoms with Crippen molar-refractivity contribution in [1.29, 1.82) is 0 Å². The van der Waals surface area contributed by atoms with Crippen LogP contribution < -0.4 is 9.47 Å². The summed E-state index contributed by atoms with van der Waals surface area (Å²) in [5.74, 6) is 0.283. The number of carboxylic acids is 1. The maximum absolute atomic E-state index is 12.5. The number of carbonyl (C=O) groups excluding carboxylic acids is 1. The molecule has 37 heavy (non-hydrogen) atoms. The van der Waals surface area contributed by atoms with Gasteiger partial charge in [0, 0.05) is 19.9 Å². The standard InChI is InChI=1S/C25H25F3N2O7/c1-16-22(29-17(2)36-16)11-12-34-20-7-3-18(4-8-20)13-30(14-23(31)32)24(33)35-15-19-5-9-21(10-6-19)37-25(26,27)28/h3-10H,11-15H2,1-2H3,(H,31,32). The number of hydrogen-bond donors (Lipinski definition) is 1. The van der Waals surface area contributed by atoms with Crippen LogP contribution in [0.15, 0.2) is 52.9 Å². The smallest absolute Gasteiger partial charge is 0.493 e. The molecule has 0 saturated carbocycles. The molecule has 0 atom stereocenters. The number of ether oxygens (including phenoxy) is 3. The van der Waals surface area contributed by atoms with E-state index >= 15 is 0 Å². The molecular weight excluding hydrogens is 497 g/mol. The Balaban J connectivity index is 1.52. The summed E-state index contributed by atoms with van der Waals surface area (Å²) in [6.07, 6.45) is -5.14. The van der Waals surface area contributed by atoms with E-state index in [0.29, 0.717) is 35.8 Å². The molecule has 0 unspecified atom stereocenters. The quantitative estimate of drug-likeness (QED) is 0.373. The fourth-order valence-electron chi connectivity index (χ4n) is 3.35. The first-order chi connectivity index (χ1) is 17.5. The fraction of sp³-hybridized carbons (Fsp3) is 0.320. The van der Waals surface area contributed by atoms with Crippen LogP contribution in [0.25, 0.3) is 0 Å². The van der Waals surface area contributed by atoms with Gasteiger partial charge in [-0.2, -0.15) is 0 Å². The lowest BCUT2D eigenvalue weighted by Gasteiger charge is -2.20.